The third kappa shape index (κ3) is 3.36. The molecule has 0 fully saturated rings. The summed E-state index contributed by atoms with van der Waals surface area (Å²) < 4.78 is 27.8. The van der Waals surface area contributed by atoms with Crippen LogP contribution in [-0.4, -0.2) is 8.42 Å². The van der Waals surface area contributed by atoms with Crippen molar-refractivity contribution in [3.8, 4) is 0 Å². The number of hydrogen-bond acceptors (Lipinski definition) is 3. The molecule has 2 rings (SSSR count). The molecule has 0 heterocycles. The maximum atomic E-state index is 12.6. The standard InChI is InChI=1S/C16H20N2O2S/c1-3-7-13-8-4-5-10-15(13)18-21(19,20)16-11-6-9-14(17)12(16)2/h4-6,8-11,18H,3,7,17H2,1-2H3. The quantitative estimate of drug-likeness (QED) is 0.832. The number of benzene rings is 2. The van der Waals surface area contributed by atoms with Crippen LogP contribution in [0.2, 0.25) is 0 Å². The van der Waals surface area contributed by atoms with Gasteiger partial charge in [0, 0.05) is 5.69 Å². The second-order valence-corrected chi connectivity index (χ2v) is 6.63. The van der Waals surface area contributed by atoms with E-state index in [1.54, 1.807) is 31.2 Å². The first kappa shape index (κ1) is 15.4. The molecule has 5 heteroatoms. The molecule has 112 valence electrons. The molecular formula is C16H20N2O2S. The van der Waals surface area contributed by atoms with Crippen molar-refractivity contribution in [2.24, 2.45) is 0 Å². The molecule has 3 N–H and O–H groups in total. The first-order valence-electron chi connectivity index (χ1n) is 6.91. The van der Waals surface area contributed by atoms with Crippen LogP contribution in [0, 0.1) is 6.92 Å². The number of nitrogen functional groups attached to an aromatic ring is 1. The van der Waals surface area contributed by atoms with Crippen LogP contribution in [0.25, 0.3) is 0 Å². The van der Waals surface area contributed by atoms with Crippen LogP contribution in [0.15, 0.2) is 47.4 Å². The molecule has 0 bridgehead atoms. The van der Waals surface area contributed by atoms with Gasteiger partial charge in [0.15, 0.2) is 0 Å². The van der Waals surface area contributed by atoms with Gasteiger partial charge in [-0.15, -0.1) is 0 Å². The highest BCUT2D eigenvalue weighted by Crippen LogP contribution is 2.25. The molecule has 0 saturated heterocycles. The van der Waals surface area contributed by atoms with Crippen molar-refractivity contribution in [1.82, 2.24) is 0 Å². The van der Waals surface area contributed by atoms with Crippen LogP contribution < -0.4 is 10.5 Å². The second-order valence-electron chi connectivity index (χ2n) is 4.98. The van der Waals surface area contributed by atoms with Crippen molar-refractivity contribution < 1.29 is 8.42 Å². The van der Waals surface area contributed by atoms with Gasteiger partial charge in [-0.05, 0) is 42.7 Å². The summed E-state index contributed by atoms with van der Waals surface area (Å²) in [4.78, 5) is 0.216. The number of para-hydroxylation sites is 1. The molecule has 4 nitrogen and oxygen atoms in total. The van der Waals surface area contributed by atoms with E-state index < -0.39 is 10.0 Å². The number of rotatable bonds is 5. The average molecular weight is 304 g/mol. The SMILES string of the molecule is CCCc1ccccc1NS(=O)(=O)c1cccc(N)c1C. The van der Waals surface area contributed by atoms with Gasteiger partial charge in [-0.3, -0.25) is 4.72 Å². The molecule has 2 aromatic rings. The molecule has 0 unspecified atom stereocenters. The largest absolute Gasteiger partial charge is 0.398 e. The summed E-state index contributed by atoms with van der Waals surface area (Å²) in [5.74, 6) is 0. The monoisotopic (exact) mass is 304 g/mol. The molecule has 0 amide bonds. The van der Waals surface area contributed by atoms with Gasteiger partial charge in [0.2, 0.25) is 0 Å². The van der Waals surface area contributed by atoms with Gasteiger partial charge < -0.3 is 5.73 Å². The lowest BCUT2D eigenvalue weighted by atomic mass is 10.1. The van der Waals surface area contributed by atoms with Gasteiger partial charge in [0.05, 0.1) is 10.6 Å². The lowest BCUT2D eigenvalue weighted by Crippen LogP contribution is -2.16. The van der Waals surface area contributed by atoms with Gasteiger partial charge in [0.25, 0.3) is 10.0 Å². The predicted octanol–water partition coefficient (Wildman–Crippen LogP) is 3.33. The highest BCUT2D eigenvalue weighted by atomic mass is 32.2. The molecule has 21 heavy (non-hydrogen) atoms. The van der Waals surface area contributed by atoms with E-state index in [1.165, 1.54) is 0 Å². The maximum absolute atomic E-state index is 12.6. The Morgan fingerprint density at radius 3 is 2.52 bits per heavy atom. The van der Waals surface area contributed by atoms with Gasteiger partial charge in [0.1, 0.15) is 0 Å². The Hall–Kier alpha value is -2.01. The molecule has 0 spiro atoms. The average Bonchev–Trinajstić information content (AvgIpc) is 2.44. The summed E-state index contributed by atoms with van der Waals surface area (Å²) in [6.45, 7) is 3.77. The van der Waals surface area contributed by atoms with Crippen molar-refractivity contribution in [2.45, 2.75) is 31.6 Å². The highest BCUT2D eigenvalue weighted by Gasteiger charge is 2.18. The Morgan fingerprint density at radius 2 is 1.81 bits per heavy atom. The molecule has 0 aliphatic carbocycles. The van der Waals surface area contributed by atoms with E-state index in [0.29, 0.717) is 16.9 Å². The maximum Gasteiger partial charge on any atom is 0.262 e. The third-order valence-electron chi connectivity index (χ3n) is 3.40. The number of hydrogen-bond donors (Lipinski definition) is 2. The molecule has 0 aliphatic rings. The minimum atomic E-state index is -3.64. The number of nitrogens with one attached hydrogen (secondary N) is 1. The smallest absolute Gasteiger partial charge is 0.262 e. The van der Waals surface area contributed by atoms with Crippen molar-refractivity contribution in [3.05, 3.63) is 53.6 Å². The summed E-state index contributed by atoms with van der Waals surface area (Å²) in [7, 11) is -3.64. The highest BCUT2D eigenvalue weighted by molar-refractivity contribution is 7.92. The zero-order valence-electron chi connectivity index (χ0n) is 12.3. The van der Waals surface area contributed by atoms with Crippen LogP contribution in [0.5, 0.6) is 0 Å². The third-order valence-corrected chi connectivity index (χ3v) is 4.91. The topological polar surface area (TPSA) is 72.2 Å². The van der Waals surface area contributed by atoms with Crippen molar-refractivity contribution >= 4 is 21.4 Å². The van der Waals surface area contributed by atoms with Gasteiger partial charge >= 0.3 is 0 Å². The summed E-state index contributed by atoms with van der Waals surface area (Å²) in [6.07, 6.45) is 1.78. The Balaban J connectivity index is 2.40. The lowest BCUT2D eigenvalue weighted by molar-refractivity contribution is 0.600. The molecular weight excluding hydrogens is 284 g/mol. The number of aryl methyl sites for hydroxylation is 1. The van der Waals surface area contributed by atoms with Crippen LogP contribution in [0.4, 0.5) is 11.4 Å². The first-order chi connectivity index (χ1) is 9.95. The number of anilines is 2. The Labute approximate surface area is 126 Å². The van der Waals surface area contributed by atoms with E-state index in [4.69, 9.17) is 5.73 Å². The van der Waals surface area contributed by atoms with Crippen LogP contribution >= 0.6 is 0 Å². The summed E-state index contributed by atoms with van der Waals surface area (Å²) in [6, 6.07) is 12.4. The van der Waals surface area contributed by atoms with Crippen molar-refractivity contribution in [2.75, 3.05) is 10.5 Å². The van der Waals surface area contributed by atoms with E-state index in [9.17, 15) is 8.42 Å². The first-order valence-corrected chi connectivity index (χ1v) is 8.40. The summed E-state index contributed by atoms with van der Waals surface area (Å²) in [5, 5.41) is 0. The van der Waals surface area contributed by atoms with Crippen molar-refractivity contribution in [3.63, 3.8) is 0 Å². The van der Waals surface area contributed by atoms with Crippen LogP contribution in [0.3, 0.4) is 0 Å². The predicted molar refractivity (Wildman–Crippen MR) is 86.8 cm³/mol. The van der Waals surface area contributed by atoms with E-state index in [0.717, 1.165) is 18.4 Å². The minimum absolute atomic E-state index is 0.216. The minimum Gasteiger partial charge on any atom is -0.398 e. The van der Waals surface area contributed by atoms with Crippen LogP contribution in [-0.2, 0) is 16.4 Å². The Morgan fingerprint density at radius 1 is 1.10 bits per heavy atom. The molecule has 2 aromatic carbocycles. The fourth-order valence-electron chi connectivity index (χ4n) is 2.23. The van der Waals surface area contributed by atoms with E-state index in [1.807, 2.05) is 18.2 Å². The molecule has 0 saturated carbocycles. The number of nitrogens with two attached hydrogens (primary N) is 1. The van der Waals surface area contributed by atoms with Crippen molar-refractivity contribution in [1.29, 1.82) is 0 Å². The van der Waals surface area contributed by atoms with Gasteiger partial charge in [-0.25, -0.2) is 8.42 Å². The molecule has 0 aromatic heterocycles. The van der Waals surface area contributed by atoms with E-state index in [2.05, 4.69) is 11.6 Å². The Bertz CT molecular complexity index is 740. The summed E-state index contributed by atoms with van der Waals surface area (Å²) >= 11 is 0. The zero-order valence-corrected chi connectivity index (χ0v) is 13.1. The Kier molecular flexibility index (Phi) is 4.53. The van der Waals surface area contributed by atoms with E-state index >= 15 is 0 Å². The van der Waals surface area contributed by atoms with Gasteiger partial charge in [-0.2, -0.15) is 0 Å². The normalized spacial score (nSPS) is 11.3. The lowest BCUT2D eigenvalue weighted by Gasteiger charge is -2.14. The second kappa shape index (κ2) is 6.18. The molecule has 0 atom stereocenters. The van der Waals surface area contributed by atoms with Crippen LogP contribution in [0.1, 0.15) is 24.5 Å². The van der Waals surface area contributed by atoms with Gasteiger partial charge in [-0.1, -0.05) is 37.6 Å². The van der Waals surface area contributed by atoms with E-state index in [-0.39, 0.29) is 4.90 Å². The fourth-order valence-corrected chi connectivity index (χ4v) is 3.61. The fraction of sp³-hybridized carbons (Fsp3) is 0.250. The molecule has 0 aliphatic heterocycles. The summed E-state index contributed by atoms with van der Waals surface area (Å²) in [5.41, 5.74) is 8.45. The number of sulfonamides is 1. The molecule has 0 radical (unpaired) electrons. The zero-order chi connectivity index (χ0) is 15.5.